The van der Waals surface area contributed by atoms with E-state index in [0.717, 1.165) is 27.4 Å². The smallest absolute Gasteiger partial charge is 0.308 e. The number of hydrogen-bond donors (Lipinski definition) is 0. The van der Waals surface area contributed by atoms with Crippen molar-refractivity contribution in [3.63, 3.8) is 0 Å². The summed E-state index contributed by atoms with van der Waals surface area (Å²) in [6, 6.07) is 18.7. The molecule has 144 valence electrons. The van der Waals surface area contributed by atoms with Gasteiger partial charge in [0.1, 0.15) is 5.75 Å². The van der Waals surface area contributed by atoms with Crippen LogP contribution in [-0.4, -0.2) is 25.7 Å². The molecule has 0 aliphatic rings. The molecule has 0 N–H and O–H groups in total. The van der Waals surface area contributed by atoms with Crippen molar-refractivity contribution in [2.24, 2.45) is 0 Å². The second-order valence-corrected chi connectivity index (χ2v) is 7.63. The minimum Gasteiger partial charge on any atom is -0.427 e. The second kappa shape index (κ2) is 7.89. The Bertz CT molecular complexity index is 1230. The summed E-state index contributed by atoms with van der Waals surface area (Å²) in [5.41, 5.74) is 4.00. The Morgan fingerprint density at radius 1 is 0.966 bits per heavy atom. The third-order valence-electron chi connectivity index (χ3n) is 4.15. The molecule has 7 heteroatoms. The molecule has 0 radical (unpaired) electrons. The number of nitrogens with zero attached hydrogens (tertiary/aromatic N) is 3. The number of hydrogen-bond acceptors (Lipinski definition) is 6. The number of esters is 1. The summed E-state index contributed by atoms with van der Waals surface area (Å²) >= 11 is 1.19. The summed E-state index contributed by atoms with van der Waals surface area (Å²) in [5, 5.41) is 4.77. The summed E-state index contributed by atoms with van der Waals surface area (Å²) in [6.45, 7) is 2.91. The first-order valence-electron chi connectivity index (χ1n) is 8.92. The van der Waals surface area contributed by atoms with Gasteiger partial charge in [0.2, 0.25) is 0 Å². The lowest BCUT2D eigenvalue weighted by Crippen LogP contribution is -2.01. The van der Waals surface area contributed by atoms with Crippen molar-refractivity contribution in [2.75, 3.05) is 0 Å². The summed E-state index contributed by atoms with van der Waals surface area (Å²) in [4.78, 5) is 28.0. The van der Waals surface area contributed by atoms with Gasteiger partial charge in [0.05, 0.1) is 17.6 Å². The third-order valence-corrected chi connectivity index (χ3v) is 4.92. The molecule has 2 aromatic heterocycles. The maximum absolute atomic E-state index is 11.4. The van der Waals surface area contributed by atoms with Gasteiger partial charge < -0.3 is 4.74 Å². The second-order valence-electron chi connectivity index (χ2n) is 6.37. The van der Waals surface area contributed by atoms with Crippen LogP contribution in [0.4, 0.5) is 0 Å². The molecule has 0 aliphatic heterocycles. The number of benzene rings is 2. The van der Waals surface area contributed by atoms with Crippen molar-refractivity contribution in [1.82, 2.24) is 14.6 Å². The molecule has 0 unspecified atom stereocenters. The minimum atomic E-state index is -0.370. The summed E-state index contributed by atoms with van der Waals surface area (Å²) in [7, 11) is 0. The highest BCUT2D eigenvalue weighted by Gasteiger charge is 2.11. The van der Waals surface area contributed by atoms with Gasteiger partial charge >= 0.3 is 5.97 Å². The molecule has 0 spiro atoms. The van der Waals surface area contributed by atoms with Crippen molar-refractivity contribution < 1.29 is 14.3 Å². The predicted octanol–water partition coefficient (Wildman–Crippen LogP) is 4.63. The Hall–Kier alpha value is -3.45. The zero-order valence-electron chi connectivity index (χ0n) is 15.8. The zero-order chi connectivity index (χ0) is 20.4. The van der Waals surface area contributed by atoms with Gasteiger partial charge in [-0.05, 0) is 36.4 Å². The Labute approximate surface area is 171 Å². The van der Waals surface area contributed by atoms with E-state index in [0.29, 0.717) is 11.4 Å². The van der Waals surface area contributed by atoms with Crippen molar-refractivity contribution in [3.8, 4) is 28.3 Å². The van der Waals surface area contributed by atoms with Crippen molar-refractivity contribution >= 4 is 28.5 Å². The van der Waals surface area contributed by atoms with E-state index >= 15 is 0 Å². The predicted molar refractivity (Wildman–Crippen MR) is 112 cm³/mol. The summed E-state index contributed by atoms with van der Waals surface area (Å²) in [5.74, 6) is 0.0995. The van der Waals surface area contributed by atoms with E-state index in [1.807, 2.05) is 48.5 Å². The van der Waals surface area contributed by atoms with E-state index in [1.165, 1.54) is 18.7 Å². The van der Waals surface area contributed by atoms with Crippen molar-refractivity contribution in [2.45, 2.75) is 18.7 Å². The maximum atomic E-state index is 11.4. The van der Waals surface area contributed by atoms with Crippen LogP contribution in [0.5, 0.6) is 5.75 Å². The molecule has 4 aromatic rings. The fourth-order valence-electron chi connectivity index (χ4n) is 2.99. The van der Waals surface area contributed by atoms with Gasteiger partial charge in [-0.3, -0.25) is 9.59 Å². The van der Waals surface area contributed by atoms with Crippen LogP contribution in [0, 0.1) is 0 Å². The van der Waals surface area contributed by atoms with Crippen molar-refractivity contribution in [3.05, 3.63) is 66.9 Å². The molecule has 29 heavy (non-hydrogen) atoms. The molecule has 0 amide bonds. The highest BCUT2D eigenvalue weighted by atomic mass is 32.2. The van der Waals surface area contributed by atoms with Gasteiger partial charge in [-0.25, -0.2) is 9.50 Å². The van der Waals surface area contributed by atoms with E-state index in [-0.39, 0.29) is 11.1 Å². The van der Waals surface area contributed by atoms with Crippen LogP contribution in [0.3, 0.4) is 0 Å². The van der Waals surface area contributed by atoms with Gasteiger partial charge in [0.25, 0.3) is 0 Å². The number of rotatable bonds is 4. The standard InChI is InChI=1S/C22H17N3O3S/c1-14(26)28-18-7-3-5-16(11-18)20-9-10-22-23-13-21(25(22)24-20)17-6-4-8-19(12-17)29-15(2)27/h3-13H,1-2H3. The minimum absolute atomic E-state index is 0.0355. The summed E-state index contributed by atoms with van der Waals surface area (Å²) in [6.07, 6.45) is 1.76. The molecule has 6 nitrogen and oxygen atoms in total. The third kappa shape index (κ3) is 4.20. The molecule has 2 aromatic carbocycles. The number of aromatic nitrogens is 3. The van der Waals surface area contributed by atoms with Crippen LogP contribution in [-0.2, 0) is 9.59 Å². The van der Waals surface area contributed by atoms with Gasteiger partial charge in [-0.2, -0.15) is 5.10 Å². The molecule has 0 aliphatic carbocycles. The maximum Gasteiger partial charge on any atom is 0.308 e. The quantitative estimate of drug-likeness (QED) is 0.281. The summed E-state index contributed by atoms with van der Waals surface area (Å²) < 4.78 is 6.94. The number of carbonyl (C=O) groups is 2. The lowest BCUT2D eigenvalue weighted by Gasteiger charge is -2.07. The molecule has 4 rings (SSSR count). The Kier molecular flexibility index (Phi) is 5.14. The number of ether oxygens (including phenoxy) is 1. The Morgan fingerprint density at radius 3 is 2.55 bits per heavy atom. The highest BCUT2D eigenvalue weighted by Crippen LogP contribution is 2.28. The van der Waals surface area contributed by atoms with Gasteiger partial charge in [-0.15, -0.1) is 0 Å². The van der Waals surface area contributed by atoms with Crippen LogP contribution >= 0.6 is 11.8 Å². The molecular weight excluding hydrogens is 386 g/mol. The van der Waals surface area contributed by atoms with Gasteiger partial charge in [0, 0.05) is 29.9 Å². The van der Waals surface area contributed by atoms with Crippen LogP contribution in [0.25, 0.3) is 28.2 Å². The average molecular weight is 403 g/mol. The first-order valence-corrected chi connectivity index (χ1v) is 9.74. The largest absolute Gasteiger partial charge is 0.427 e. The van der Waals surface area contributed by atoms with Gasteiger partial charge in [0.15, 0.2) is 10.8 Å². The Balaban J connectivity index is 1.76. The Morgan fingerprint density at radius 2 is 1.76 bits per heavy atom. The van der Waals surface area contributed by atoms with E-state index in [1.54, 1.807) is 29.8 Å². The monoisotopic (exact) mass is 403 g/mol. The first kappa shape index (κ1) is 18.9. The molecular formula is C22H17N3O3S. The topological polar surface area (TPSA) is 73.6 Å². The SMILES string of the molecule is CC(=O)Oc1cccc(-c2ccc3ncc(-c4cccc(SC(C)=O)c4)n3n2)c1. The molecule has 0 saturated carbocycles. The molecule has 0 fully saturated rings. The van der Waals surface area contributed by atoms with Crippen LogP contribution in [0.1, 0.15) is 13.8 Å². The van der Waals surface area contributed by atoms with Crippen LogP contribution in [0.15, 0.2) is 71.8 Å². The number of thioether (sulfide) groups is 1. The molecule has 0 bridgehead atoms. The molecule has 0 saturated heterocycles. The normalized spacial score (nSPS) is 10.8. The molecule has 2 heterocycles. The first-order chi connectivity index (χ1) is 14.0. The number of fused-ring (bicyclic) bond motifs is 1. The zero-order valence-corrected chi connectivity index (χ0v) is 16.6. The number of imidazole rings is 1. The highest BCUT2D eigenvalue weighted by molar-refractivity contribution is 8.13. The lowest BCUT2D eigenvalue weighted by molar-refractivity contribution is -0.131. The number of carbonyl (C=O) groups excluding carboxylic acids is 2. The van der Waals surface area contributed by atoms with Crippen molar-refractivity contribution in [1.29, 1.82) is 0 Å². The van der Waals surface area contributed by atoms with Gasteiger partial charge in [-0.1, -0.05) is 36.0 Å². The van der Waals surface area contributed by atoms with E-state index in [9.17, 15) is 9.59 Å². The van der Waals surface area contributed by atoms with E-state index in [2.05, 4.69) is 4.98 Å². The van der Waals surface area contributed by atoms with Crippen LogP contribution < -0.4 is 4.74 Å². The van der Waals surface area contributed by atoms with E-state index < -0.39 is 0 Å². The molecule has 0 atom stereocenters. The van der Waals surface area contributed by atoms with Crippen LogP contribution in [0.2, 0.25) is 0 Å². The average Bonchev–Trinajstić information content (AvgIpc) is 3.10. The fraction of sp³-hybridized carbons (Fsp3) is 0.0909. The fourth-order valence-corrected chi connectivity index (χ4v) is 3.66. The lowest BCUT2D eigenvalue weighted by atomic mass is 10.1. The van der Waals surface area contributed by atoms with E-state index in [4.69, 9.17) is 9.84 Å².